The zero-order chi connectivity index (χ0) is 20.4. The molecule has 1 aromatic carbocycles. The Morgan fingerprint density at radius 3 is 2.28 bits per heavy atom. The van der Waals surface area contributed by atoms with Gasteiger partial charge in [-0.15, -0.1) is 0 Å². The zero-order valence-corrected chi connectivity index (χ0v) is 17.7. The normalized spacial score (nSPS) is 28.4. The Kier molecular flexibility index (Phi) is 5.81. The third kappa shape index (κ3) is 4.42. The van der Waals surface area contributed by atoms with Crippen LogP contribution in [-0.2, 0) is 22.7 Å². The molecule has 0 aromatic heterocycles. The van der Waals surface area contributed by atoms with Crippen molar-refractivity contribution in [1.29, 1.82) is 0 Å². The van der Waals surface area contributed by atoms with Crippen molar-refractivity contribution >= 4 is 15.8 Å². The predicted molar refractivity (Wildman–Crippen MR) is 117 cm³/mol. The van der Waals surface area contributed by atoms with Crippen LogP contribution in [0, 0.1) is 17.8 Å². The third-order valence-corrected chi connectivity index (χ3v) is 9.12. The monoisotopic (exact) mass is 413 g/mol. The lowest BCUT2D eigenvalue weighted by Crippen LogP contribution is -2.29. The van der Waals surface area contributed by atoms with Gasteiger partial charge >= 0.3 is 0 Å². The number of fused-ring (bicyclic) bond motifs is 2. The van der Waals surface area contributed by atoms with E-state index in [-0.39, 0.29) is 11.2 Å². The minimum atomic E-state index is -3.28. The Morgan fingerprint density at radius 1 is 0.966 bits per heavy atom. The summed E-state index contributed by atoms with van der Waals surface area (Å²) in [6.45, 7) is 0.626. The summed E-state index contributed by atoms with van der Waals surface area (Å²) in [4.78, 5) is 4.56. The van der Waals surface area contributed by atoms with Crippen molar-refractivity contribution in [3.05, 3.63) is 53.6 Å². The Labute approximate surface area is 173 Å². The fourth-order valence-corrected chi connectivity index (χ4v) is 6.96. The number of rotatable bonds is 5. The van der Waals surface area contributed by atoms with Gasteiger partial charge in [0, 0.05) is 6.54 Å². The Balaban J connectivity index is 1.43. The summed E-state index contributed by atoms with van der Waals surface area (Å²) in [5.41, 5.74) is 13.3. The lowest BCUT2D eigenvalue weighted by atomic mass is 9.74. The topological polar surface area (TPSA) is 98.5 Å². The van der Waals surface area contributed by atoms with Gasteiger partial charge in [-0.25, -0.2) is 8.42 Å². The molecule has 6 heteroatoms. The van der Waals surface area contributed by atoms with Crippen LogP contribution in [0.2, 0.25) is 0 Å². The standard InChI is InChI=1S/C23H31N3O2S/c24-23(25)26-12-11-16-5-8-21(9-6-16)29(27,28)22-10-7-19-13-17-3-1-2-4-18(17)14-20(19)15-22/h1-4,7,10,15-18,21H,5-6,8-9,11-14H2,(H4,24,25,26). The molecule has 29 heavy (non-hydrogen) atoms. The van der Waals surface area contributed by atoms with E-state index in [1.807, 2.05) is 18.2 Å². The van der Waals surface area contributed by atoms with Crippen LogP contribution in [0.3, 0.4) is 0 Å². The summed E-state index contributed by atoms with van der Waals surface area (Å²) in [6.07, 6.45) is 14.9. The zero-order valence-electron chi connectivity index (χ0n) is 16.8. The first-order valence-corrected chi connectivity index (χ1v) is 12.2. The number of allylic oxidation sites excluding steroid dienone is 4. The lowest BCUT2D eigenvalue weighted by molar-refractivity contribution is 0.342. The molecule has 1 fully saturated rings. The minimum absolute atomic E-state index is 0.125. The van der Waals surface area contributed by atoms with Crippen molar-refractivity contribution in [2.24, 2.45) is 34.2 Å². The maximum atomic E-state index is 13.3. The van der Waals surface area contributed by atoms with Gasteiger partial charge in [-0.05, 0) is 86.0 Å². The number of hydrogen-bond donors (Lipinski definition) is 2. The summed E-state index contributed by atoms with van der Waals surface area (Å²) in [5, 5.41) is -0.270. The van der Waals surface area contributed by atoms with Crippen molar-refractivity contribution in [2.45, 2.75) is 55.1 Å². The first kappa shape index (κ1) is 20.2. The molecule has 0 amide bonds. The minimum Gasteiger partial charge on any atom is -0.370 e. The highest BCUT2D eigenvalue weighted by atomic mass is 32.2. The van der Waals surface area contributed by atoms with Gasteiger partial charge in [-0.3, -0.25) is 4.99 Å². The van der Waals surface area contributed by atoms with Crippen molar-refractivity contribution in [1.82, 2.24) is 0 Å². The van der Waals surface area contributed by atoms with Crippen LogP contribution in [0.1, 0.15) is 43.2 Å². The first-order valence-electron chi connectivity index (χ1n) is 10.7. The molecule has 4 rings (SSSR count). The second-order valence-corrected chi connectivity index (χ2v) is 10.9. The van der Waals surface area contributed by atoms with Crippen LogP contribution in [0.5, 0.6) is 0 Å². The summed E-state index contributed by atoms with van der Waals surface area (Å²) >= 11 is 0. The molecule has 1 saturated carbocycles. The molecule has 3 aliphatic rings. The molecule has 4 N–H and O–H groups in total. The molecule has 0 aliphatic heterocycles. The van der Waals surface area contributed by atoms with Crippen molar-refractivity contribution < 1.29 is 8.42 Å². The average molecular weight is 414 g/mol. The predicted octanol–water partition coefficient (Wildman–Crippen LogP) is 3.14. The van der Waals surface area contributed by atoms with E-state index in [2.05, 4.69) is 29.3 Å². The molecule has 3 aliphatic carbocycles. The van der Waals surface area contributed by atoms with E-state index < -0.39 is 9.84 Å². The van der Waals surface area contributed by atoms with Crippen LogP contribution in [0.25, 0.3) is 0 Å². The van der Waals surface area contributed by atoms with E-state index in [9.17, 15) is 8.42 Å². The SMILES string of the molecule is NC(N)=NCCC1CCC(S(=O)(=O)c2ccc3c(c2)CC2C=CC=CC2C3)CC1. The quantitative estimate of drug-likeness (QED) is 0.572. The molecule has 0 bridgehead atoms. The van der Waals surface area contributed by atoms with E-state index in [1.165, 1.54) is 11.1 Å². The van der Waals surface area contributed by atoms with E-state index >= 15 is 0 Å². The maximum Gasteiger partial charge on any atom is 0.185 e. The highest BCUT2D eigenvalue weighted by Crippen LogP contribution is 2.37. The van der Waals surface area contributed by atoms with Crippen molar-refractivity contribution in [2.75, 3.05) is 6.54 Å². The molecular formula is C23H31N3O2S. The second kappa shape index (κ2) is 8.34. The largest absolute Gasteiger partial charge is 0.370 e. The number of nitrogens with zero attached hydrogens (tertiary/aromatic N) is 1. The molecular weight excluding hydrogens is 382 g/mol. The van der Waals surface area contributed by atoms with Gasteiger partial charge in [0.05, 0.1) is 10.1 Å². The van der Waals surface area contributed by atoms with Crippen molar-refractivity contribution in [3.63, 3.8) is 0 Å². The molecule has 1 aromatic rings. The molecule has 2 unspecified atom stereocenters. The smallest absolute Gasteiger partial charge is 0.185 e. The van der Waals surface area contributed by atoms with E-state index in [0.717, 1.165) is 44.9 Å². The maximum absolute atomic E-state index is 13.3. The first-order chi connectivity index (χ1) is 13.9. The van der Waals surface area contributed by atoms with Crippen LogP contribution < -0.4 is 11.5 Å². The number of guanidine groups is 1. The van der Waals surface area contributed by atoms with Gasteiger partial charge in [0.25, 0.3) is 0 Å². The summed E-state index contributed by atoms with van der Waals surface area (Å²) in [5.74, 6) is 1.67. The summed E-state index contributed by atoms with van der Waals surface area (Å²) in [6, 6.07) is 5.84. The van der Waals surface area contributed by atoms with E-state index in [1.54, 1.807) is 0 Å². The van der Waals surface area contributed by atoms with Gasteiger partial charge in [-0.1, -0.05) is 30.4 Å². The van der Waals surface area contributed by atoms with Crippen LogP contribution >= 0.6 is 0 Å². The van der Waals surface area contributed by atoms with Crippen molar-refractivity contribution in [3.8, 4) is 0 Å². The molecule has 0 radical (unpaired) electrons. The molecule has 0 saturated heterocycles. The van der Waals surface area contributed by atoms with Gasteiger partial charge in [0.2, 0.25) is 0 Å². The second-order valence-electron chi connectivity index (χ2n) is 8.72. The van der Waals surface area contributed by atoms with Crippen LogP contribution in [-0.4, -0.2) is 26.2 Å². The lowest BCUT2D eigenvalue weighted by Gasteiger charge is -2.32. The number of benzene rings is 1. The van der Waals surface area contributed by atoms with Gasteiger partial charge < -0.3 is 11.5 Å². The molecule has 2 atom stereocenters. The molecule has 5 nitrogen and oxygen atoms in total. The highest BCUT2D eigenvalue weighted by Gasteiger charge is 2.33. The number of hydrogen-bond acceptors (Lipinski definition) is 3. The fraction of sp³-hybridized carbons (Fsp3) is 0.522. The number of nitrogens with two attached hydrogens (primary N) is 2. The Hall–Kier alpha value is -2.08. The van der Waals surface area contributed by atoms with Gasteiger partial charge in [0.15, 0.2) is 15.8 Å². The molecule has 156 valence electrons. The summed E-state index contributed by atoms with van der Waals surface area (Å²) < 4.78 is 26.6. The van der Waals surface area contributed by atoms with Gasteiger partial charge in [-0.2, -0.15) is 0 Å². The summed E-state index contributed by atoms with van der Waals surface area (Å²) in [7, 11) is -3.28. The van der Waals surface area contributed by atoms with Crippen LogP contribution in [0.4, 0.5) is 0 Å². The Bertz CT molecular complexity index is 937. The molecule has 0 spiro atoms. The number of sulfone groups is 1. The van der Waals surface area contributed by atoms with E-state index in [4.69, 9.17) is 11.5 Å². The third-order valence-electron chi connectivity index (χ3n) is 6.86. The Morgan fingerprint density at radius 2 is 1.62 bits per heavy atom. The fourth-order valence-electron chi connectivity index (χ4n) is 5.11. The van der Waals surface area contributed by atoms with E-state index in [0.29, 0.717) is 29.2 Å². The van der Waals surface area contributed by atoms with Gasteiger partial charge in [0.1, 0.15) is 0 Å². The average Bonchev–Trinajstić information content (AvgIpc) is 2.72. The molecule has 0 heterocycles. The highest BCUT2D eigenvalue weighted by molar-refractivity contribution is 7.92. The number of aliphatic imine (C=N–C) groups is 1. The van der Waals surface area contributed by atoms with Crippen LogP contribution in [0.15, 0.2) is 52.4 Å².